The normalized spacial score (nSPS) is 12.0. The van der Waals surface area contributed by atoms with Gasteiger partial charge in [-0.1, -0.05) is 30.3 Å². The van der Waals surface area contributed by atoms with Gasteiger partial charge >= 0.3 is 6.18 Å². The molecule has 1 N–H and O–H groups in total. The van der Waals surface area contributed by atoms with Crippen LogP contribution >= 0.6 is 0 Å². The van der Waals surface area contributed by atoms with Gasteiger partial charge in [-0.15, -0.1) is 0 Å². The van der Waals surface area contributed by atoms with E-state index in [1.165, 1.54) is 26.2 Å². The summed E-state index contributed by atoms with van der Waals surface area (Å²) in [7, 11) is 1.50. The Labute approximate surface area is 178 Å². The largest absolute Gasteiger partial charge is 0.497 e. The number of oxazole rings is 1. The Morgan fingerprint density at radius 2 is 1.81 bits per heavy atom. The average Bonchev–Trinajstić information content (AvgIpc) is 3.35. The zero-order chi connectivity index (χ0) is 22.6. The van der Waals surface area contributed by atoms with Gasteiger partial charge in [-0.05, 0) is 24.6 Å². The number of alkyl halides is 3. The molecule has 0 aliphatic heterocycles. The number of hydrogen-bond donors (Lipinski definition) is 1. The van der Waals surface area contributed by atoms with Gasteiger partial charge in [-0.25, -0.2) is 9.97 Å². The van der Waals surface area contributed by atoms with Gasteiger partial charge in [0.2, 0.25) is 5.89 Å². The highest BCUT2D eigenvalue weighted by molar-refractivity contribution is 5.82. The lowest BCUT2D eigenvalue weighted by Crippen LogP contribution is -2.19. The molecule has 32 heavy (non-hydrogen) atoms. The van der Waals surface area contributed by atoms with Crippen molar-refractivity contribution in [1.29, 1.82) is 0 Å². The Kier molecular flexibility index (Phi) is 4.33. The molecule has 3 aromatic heterocycles. The van der Waals surface area contributed by atoms with Crippen molar-refractivity contribution in [3.63, 3.8) is 0 Å². The molecule has 10 heteroatoms. The Bertz CT molecular complexity index is 1530. The molecule has 0 bridgehead atoms. The summed E-state index contributed by atoms with van der Waals surface area (Å²) in [6.45, 7) is 1.53. The zero-order valence-electron chi connectivity index (χ0n) is 16.8. The number of fused-ring (bicyclic) bond motifs is 2. The number of benzene rings is 2. The third-order valence-electron chi connectivity index (χ3n) is 5.12. The zero-order valence-corrected chi connectivity index (χ0v) is 16.8. The number of rotatable bonds is 3. The molecule has 0 saturated heterocycles. The van der Waals surface area contributed by atoms with Crippen molar-refractivity contribution in [2.75, 3.05) is 7.11 Å². The maximum Gasteiger partial charge on any atom is 0.433 e. The summed E-state index contributed by atoms with van der Waals surface area (Å²) in [6.07, 6.45) is -4.73. The SMILES string of the molecule is COc1ccc2oc(-c3c(C)nc4c(-c5ccccc5)c(C(F)(F)F)[nH]n4c3=O)nc2c1. The molecule has 0 aliphatic carbocycles. The lowest BCUT2D eigenvalue weighted by Gasteiger charge is -2.07. The topological polar surface area (TPSA) is 85.4 Å². The van der Waals surface area contributed by atoms with Gasteiger partial charge in [-0.2, -0.15) is 17.7 Å². The Hall–Kier alpha value is -4.08. The van der Waals surface area contributed by atoms with Crippen molar-refractivity contribution >= 4 is 16.7 Å². The first-order chi connectivity index (χ1) is 15.3. The fraction of sp³-hybridized carbons (Fsp3) is 0.136. The molecule has 162 valence electrons. The van der Waals surface area contributed by atoms with Crippen LogP contribution in [0.25, 0.3) is 39.3 Å². The van der Waals surface area contributed by atoms with E-state index in [1.807, 2.05) is 0 Å². The number of aromatic nitrogens is 4. The highest BCUT2D eigenvalue weighted by atomic mass is 19.4. The van der Waals surface area contributed by atoms with Crippen LogP contribution in [0.1, 0.15) is 11.4 Å². The van der Waals surface area contributed by atoms with Gasteiger partial charge in [0.05, 0.1) is 18.4 Å². The third kappa shape index (κ3) is 3.03. The van der Waals surface area contributed by atoms with E-state index in [0.717, 1.165) is 4.52 Å². The molecular weight excluding hydrogens is 425 g/mol. The summed E-state index contributed by atoms with van der Waals surface area (Å²) in [4.78, 5) is 21.9. The van der Waals surface area contributed by atoms with Gasteiger partial charge < -0.3 is 9.15 Å². The van der Waals surface area contributed by atoms with Gasteiger partial charge in [0.1, 0.15) is 22.5 Å². The van der Waals surface area contributed by atoms with Crippen LogP contribution in [-0.2, 0) is 6.18 Å². The van der Waals surface area contributed by atoms with Crippen molar-refractivity contribution in [1.82, 2.24) is 19.6 Å². The second kappa shape index (κ2) is 6.98. The summed E-state index contributed by atoms with van der Waals surface area (Å²) in [5.74, 6) is 0.508. The predicted molar refractivity (Wildman–Crippen MR) is 111 cm³/mol. The first kappa shape index (κ1) is 19.9. The van der Waals surface area contributed by atoms with Gasteiger partial charge in [0, 0.05) is 6.07 Å². The number of aryl methyl sites for hydroxylation is 1. The summed E-state index contributed by atoms with van der Waals surface area (Å²) in [6, 6.07) is 12.9. The molecule has 0 aliphatic rings. The molecule has 7 nitrogen and oxygen atoms in total. The fourth-order valence-electron chi connectivity index (χ4n) is 3.65. The van der Waals surface area contributed by atoms with E-state index in [4.69, 9.17) is 9.15 Å². The Morgan fingerprint density at radius 3 is 2.50 bits per heavy atom. The molecule has 0 atom stereocenters. The Balaban J connectivity index is 1.80. The number of aromatic amines is 1. The minimum atomic E-state index is -4.73. The second-order valence-electron chi connectivity index (χ2n) is 7.11. The minimum absolute atomic E-state index is 0.0350. The summed E-state index contributed by atoms with van der Waals surface area (Å²) >= 11 is 0. The maximum atomic E-state index is 13.8. The first-order valence-electron chi connectivity index (χ1n) is 9.51. The smallest absolute Gasteiger partial charge is 0.433 e. The summed E-state index contributed by atoms with van der Waals surface area (Å²) < 4.78 is 53.1. The summed E-state index contributed by atoms with van der Waals surface area (Å²) in [5, 5.41) is 2.19. The predicted octanol–water partition coefficient (Wildman–Crippen LogP) is 4.83. The molecular formula is C22H15F3N4O3. The van der Waals surface area contributed by atoms with E-state index in [1.54, 1.807) is 36.4 Å². The number of nitrogens with zero attached hydrogens (tertiary/aromatic N) is 3. The fourth-order valence-corrected chi connectivity index (χ4v) is 3.65. The number of halogens is 3. The number of methoxy groups -OCH3 is 1. The van der Waals surface area contributed by atoms with Crippen molar-refractivity contribution in [2.45, 2.75) is 13.1 Å². The molecule has 5 aromatic rings. The molecule has 0 amide bonds. The molecule has 3 heterocycles. The van der Waals surface area contributed by atoms with E-state index in [-0.39, 0.29) is 33.9 Å². The maximum absolute atomic E-state index is 13.8. The Morgan fingerprint density at radius 1 is 1.06 bits per heavy atom. The molecule has 0 radical (unpaired) electrons. The molecule has 0 unspecified atom stereocenters. The van der Waals surface area contributed by atoms with Crippen molar-refractivity contribution in [3.8, 4) is 28.3 Å². The van der Waals surface area contributed by atoms with Crippen LogP contribution in [0, 0.1) is 6.92 Å². The first-order valence-corrected chi connectivity index (χ1v) is 9.51. The number of ether oxygens (including phenoxy) is 1. The average molecular weight is 440 g/mol. The highest BCUT2D eigenvalue weighted by Gasteiger charge is 2.38. The van der Waals surface area contributed by atoms with E-state index in [0.29, 0.717) is 16.8 Å². The molecule has 5 rings (SSSR count). The number of nitrogens with one attached hydrogen (secondary N) is 1. The van der Waals surface area contributed by atoms with Crippen LogP contribution in [-0.4, -0.2) is 26.7 Å². The second-order valence-corrected chi connectivity index (χ2v) is 7.11. The minimum Gasteiger partial charge on any atom is -0.497 e. The van der Waals surface area contributed by atoms with Crippen LogP contribution in [0.15, 0.2) is 57.7 Å². The molecule has 0 spiro atoms. The van der Waals surface area contributed by atoms with E-state index >= 15 is 0 Å². The van der Waals surface area contributed by atoms with Gasteiger partial charge in [0.15, 0.2) is 11.2 Å². The lowest BCUT2D eigenvalue weighted by molar-refractivity contribution is -0.140. The van der Waals surface area contributed by atoms with Crippen molar-refractivity contribution in [2.24, 2.45) is 0 Å². The molecule has 0 fully saturated rings. The van der Waals surface area contributed by atoms with Crippen LogP contribution in [0.5, 0.6) is 5.75 Å². The van der Waals surface area contributed by atoms with Gasteiger partial charge in [-0.3, -0.25) is 9.89 Å². The number of hydrogen-bond acceptors (Lipinski definition) is 5. The number of H-pyrrole nitrogens is 1. The molecule has 2 aromatic carbocycles. The standard InChI is InChI=1S/C22H15F3N4O3/c1-11-16(20-27-14-10-13(31-2)8-9-15(14)32-20)21(30)29-19(26-11)17(12-6-4-3-5-7-12)18(28-29)22(23,24)25/h3-10,28H,1-2H3. The van der Waals surface area contributed by atoms with E-state index < -0.39 is 17.4 Å². The monoisotopic (exact) mass is 440 g/mol. The van der Waals surface area contributed by atoms with Crippen molar-refractivity contribution in [3.05, 3.63) is 70.3 Å². The van der Waals surface area contributed by atoms with E-state index in [9.17, 15) is 18.0 Å². The van der Waals surface area contributed by atoms with E-state index in [2.05, 4.69) is 15.1 Å². The summed E-state index contributed by atoms with van der Waals surface area (Å²) in [5.41, 5.74) is -0.865. The van der Waals surface area contributed by atoms with Crippen LogP contribution in [0.3, 0.4) is 0 Å². The lowest BCUT2D eigenvalue weighted by atomic mass is 10.1. The van der Waals surface area contributed by atoms with Crippen molar-refractivity contribution < 1.29 is 22.3 Å². The van der Waals surface area contributed by atoms with Crippen LogP contribution in [0.4, 0.5) is 13.2 Å². The highest BCUT2D eigenvalue weighted by Crippen LogP contribution is 2.38. The van der Waals surface area contributed by atoms with Crippen LogP contribution < -0.4 is 10.3 Å². The van der Waals surface area contributed by atoms with Crippen LogP contribution in [0.2, 0.25) is 0 Å². The quantitative estimate of drug-likeness (QED) is 0.434. The third-order valence-corrected chi connectivity index (χ3v) is 5.12. The molecule has 0 saturated carbocycles. The van der Waals surface area contributed by atoms with Gasteiger partial charge in [0.25, 0.3) is 5.56 Å².